The first-order valence-corrected chi connectivity index (χ1v) is 8.56. The highest BCUT2D eigenvalue weighted by Crippen LogP contribution is 2.19. The molecule has 0 radical (unpaired) electrons. The Kier molecular flexibility index (Phi) is 6.20. The smallest absolute Gasteiger partial charge is 0.407 e. The van der Waals surface area contributed by atoms with E-state index in [1.165, 1.54) is 6.07 Å². The van der Waals surface area contributed by atoms with Crippen molar-refractivity contribution in [2.45, 2.75) is 46.4 Å². The zero-order valence-corrected chi connectivity index (χ0v) is 15.8. The minimum Gasteiger partial charge on any atom is -0.488 e. The van der Waals surface area contributed by atoms with Crippen molar-refractivity contribution >= 4 is 11.8 Å². The Labute approximate surface area is 156 Å². The fraction of sp³-hybridized carbons (Fsp3) is 0.421. The highest BCUT2D eigenvalue weighted by Gasteiger charge is 2.22. The Hall–Kier alpha value is -2.90. The van der Waals surface area contributed by atoms with Crippen molar-refractivity contribution in [2.24, 2.45) is 0 Å². The molecule has 0 aromatic heterocycles. The number of anilines is 1. The monoisotopic (exact) mass is 378 g/mol. The largest absolute Gasteiger partial charge is 0.488 e. The van der Waals surface area contributed by atoms with Crippen LogP contribution < -0.4 is 26.2 Å². The topological polar surface area (TPSA) is 93.7 Å². The van der Waals surface area contributed by atoms with E-state index in [2.05, 4.69) is 10.6 Å². The summed E-state index contributed by atoms with van der Waals surface area (Å²) in [7, 11) is 0. The van der Waals surface area contributed by atoms with Crippen molar-refractivity contribution in [1.82, 2.24) is 5.32 Å². The Morgan fingerprint density at radius 2 is 1.85 bits per heavy atom. The molecule has 27 heavy (non-hydrogen) atoms. The third kappa shape index (κ3) is 5.29. The molecule has 0 aliphatic rings. The molecule has 0 spiro atoms. The number of carbonyl (C=O) groups excluding carboxylic acids is 1. The Morgan fingerprint density at radius 3 is 2.48 bits per heavy atom. The van der Waals surface area contributed by atoms with Crippen LogP contribution in [0.5, 0.6) is 5.75 Å². The van der Waals surface area contributed by atoms with Crippen LogP contribution in [0.4, 0.5) is 14.9 Å². The summed E-state index contributed by atoms with van der Waals surface area (Å²) < 4.78 is 24.3. The molecular weight excluding hydrogens is 355 g/mol. The van der Waals surface area contributed by atoms with Gasteiger partial charge in [0.1, 0.15) is 17.1 Å². The van der Waals surface area contributed by atoms with Gasteiger partial charge in [-0.3, -0.25) is 9.59 Å². The van der Waals surface area contributed by atoms with E-state index in [1.54, 1.807) is 39.8 Å². The normalized spacial score (nSPS) is 11.3. The van der Waals surface area contributed by atoms with Gasteiger partial charge < -0.3 is 20.1 Å². The average Bonchev–Trinajstić information content (AvgIpc) is 2.59. The van der Waals surface area contributed by atoms with Crippen LogP contribution in [0.2, 0.25) is 0 Å². The molecule has 2 aromatic rings. The van der Waals surface area contributed by atoms with E-state index in [4.69, 9.17) is 9.47 Å². The molecule has 2 aromatic carbocycles. The summed E-state index contributed by atoms with van der Waals surface area (Å²) in [6, 6.07) is 4.37. The van der Waals surface area contributed by atoms with Crippen LogP contribution in [0.15, 0.2) is 27.8 Å². The van der Waals surface area contributed by atoms with Crippen LogP contribution >= 0.6 is 0 Å². The molecule has 1 amide bonds. The van der Waals surface area contributed by atoms with Crippen molar-refractivity contribution in [3.63, 3.8) is 0 Å². The molecule has 2 N–H and O–H groups in total. The van der Waals surface area contributed by atoms with Crippen LogP contribution in [0.3, 0.4) is 0 Å². The number of hydrogen-bond donors (Lipinski definition) is 2. The van der Waals surface area contributed by atoms with Gasteiger partial charge in [-0.1, -0.05) is 6.07 Å². The minimum atomic E-state index is -0.685. The lowest BCUT2D eigenvalue weighted by Crippen LogP contribution is -2.35. The number of halogens is 1. The molecule has 0 aliphatic heterocycles. The molecule has 0 atom stereocenters. The maximum absolute atomic E-state index is 14.0. The number of nitrogens with one attached hydrogen (secondary N) is 2. The van der Waals surface area contributed by atoms with Gasteiger partial charge in [0.15, 0.2) is 5.75 Å². The molecule has 8 heteroatoms. The summed E-state index contributed by atoms with van der Waals surface area (Å²) in [5, 5.41) is 5.34. The summed E-state index contributed by atoms with van der Waals surface area (Å²) in [5.41, 5.74) is -0.973. The van der Waals surface area contributed by atoms with E-state index < -0.39 is 28.4 Å². The molecule has 0 heterocycles. The lowest BCUT2D eigenvalue weighted by molar-refractivity contribution is 0.0523. The van der Waals surface area contributed by atoms with Gasteiger partial charge in [0.05, 0.1) is 6.61 Å². The molecule has 0 aliphatic carbocycles. The van der Waals surface area contributed by atoms with Gasteiger partial charge in [0, 0.05) is 18.7 Å². The van der Waals surface area contributed by atoms with Gasteiger partial charge in [-0.15, -0.1) is 0 Å². The standard InChI is InChI=1S/C19H23FN2O5/c1-5-26-17-14(15(23)16(17)24)21-10-12-8-11(6-7-13(12)20)9-22-18(25)27-19(2,3)4/h6-8,21H,5,9-10H2,1-4H3,(H,22,25). The fourth-order valence-corrected chi connectivity index (χ4v) is 2.36. The lowest BCUT2D eigenvalue weighted by atomic mass is 10.1. The van der Waals surface area contributed by atoms with Crippen LogP contribution in [0.1, 0.15) is 38.8 Å². The summed E-state index contributed by atoms with van der Waals surface area (Å²) in [5.74, 6) is -0.495. The second kappa shape index (κ2) is 8.20. The van der Waals surface area contributed by atoms with E-state index in [1.807, 2.05) is 0 Å². The summed E-state index contributed by atoms with van der Waals surface area (Å²) in [6.45, 7) is 7.37. The average molecular weight is 378 g/mol. The van der Waals surface area contributed by atoms with E-state index in [0.717, 1.165) is 0 Å². The summed E-state index contributed by atoms with van der Waals surface area (Å²) >= 11 is 0. The first-order chi connectivity index (χ1) is 12.6. The number of hydrogen-bond acceptors (Lipinski definition) is 6. The quantitative estimate of drug-likeness (QED) is 0.719. The van der Waals surface area contributed by atoms with Gasteiger partial charge in [0.2, 0.25) is 0 Å². The maximum atomic E-state index is 14.0. The first kappa shape index (κ1) is 20.4. The van der Waals surface area contributed by atoms with Crippen molar-refractivity contribution in [3.05, 3.63) is 55.6 Å². The van der Waals surface area contributed by atoms with Gasteiger partial charge in [-0.25, -0.2) is 9.18 Å². The van der Waals surface area contributed by atoms with Gasteiger partial charge >= 0.3 is 6.09 Å². The predicted molar refractivity (Wildman–Crippen MR) is 99.3 cm³/mol. The van der Waals surface area contributed by atoms with Gasteiger partial charge in [-0.05, 0) is 45.4 Å². The highest BCUT2D eigenvalue weighted by atomic mass is 19.1. The molecule has 0 saturated heterocycles. The Balaban J connectivity index is 2.01. The number of alkyl carbamates (subject to hydrolysis) is 1. The Morgan fingerprint density at radius 1 is 1.15 bits per heavy atom. The van der Waals surface area contributed by atoms with E-state index >= 15 is 0 Å². The minimum absolute atomic E-state index is 0.00294. The van der Waals surface area contributed by atoms with Crippen LogP contribution in [-0.2, 0) is 17.8 Å². The third-order valence-electron chi connectivity index (χ3n) is 3.56. The number of benzene rings is 1. The molecule has 7 nitrogen and oxygen atoms in total. The third-order valence-corrected chi connectivity index (χ3v) is 3.56. The van der Waals surface area contributed by atoms with E-state index in [0.29, 0.717) is 5.56 Å². The van der Waals surface area contributed by atoms with Crippen LogP contribution in [-0.4, -0.2) is 18.3 Å². The molecular formula is C19H23FN2O5. The number of ether oxygens (including phenoxy) is 2. The molecule has 2 rings (SSSR count). The Bertz CT molecular complexity index is 895. The van der Waals surface area contributed by atoms with Gasteiger partial charge in [-0.2, -0.15) is 0 Å². The molecule has 0 saturated carbocycles. The van der Waals surface area contributed by atoms with Crippen LogP contribution in [0, 0.1) is 5.82 Å². The maximum Gasteiger partial charge on any atom is 0.407 e. The van der Waals surface area contributed by atoms with Crippen LogP contribution in [0.25, 0.3) is 0 Å². The van der Waals surface area contributed by atoms with Crippen molar-refractivity contribution < 1.29 is 18.7 Å². The molecule has 0 fully saturated rings. The summed E-state index contributed by atoms with van der Waals surface area (Å²) in [6.07, 6.45) is -0.573. The van der Waals surface area contributed by atoms with Crippen molar-refractivity contribution in [3.8, 4) is 5.75 Å². The molecule has 0 unspecified atom stereocenters. The first-order valence-electron chi connectivity index (χ1n) is 8.56. The van der Waals surface area contributed by atoms with Crippen molar-refractivity contribution in [1.29, 1.82) is 0 Å². The summed E-state index contributed by atoms with van der Waals surface area (Å²) in [4.78, 5) is 34.8. The predicted octanol–water partition coefficient (Wildman–Crippen LogP) is 2.46. The second-order valence-corrected chi connectivity index (χ2v) is 6.93. The number of carbonyl (C=O) groups is 1. The zero-order valence-electron chi connectivity index (χ0n) is 15.8. The molecule has 146 valence electrons. The molecule has 0 bridgehead atoms. The van der Waals surface area contributed by atoms with E-state index in [-0.39, 0.29) is 36.7 Å². The highest BCUT2D eigenvalue weighted by molar-refractivity contribution is 5.67. The van der Waals surface area contributed by atoms with Crippen molar-refractivity contribution in [2.75, 3.05) is 11.9 Å². The SMILES string of the molecule is CCOc1c(NCc2cc(CNC(=O)OC(C)(C)C)ccc2F)c(=O)c1=O. The zero-order chi connectivity index (χ0) is 20.2. The fourth-order valence-electron chi connectivity index (χ4n) is 2.36. The second-order valence-electron chi connectivity index (χ2n) is 6.93. The number of amides is 1. The lowest BCUT2D eigenvalue weighted by Gasteiger charge is -2.19. The number of rotatable bonds is 7. The van der Waals surface area contributed by atoms with Gasteiger partial charge in [0.25, 0.3) is 10.9 Å². The van der Waals surface area contributed by atoms with E-state index in [9.17, 15) is 18.8 Å².